The van der Waals surface area contributed by atoms with Crippen LogP contribution in [0.3, 0.4) is 0 Å². The molecule has 2 aromatic heterocycles. The predicted molar refractivity (Wildman–Crippen MR) is 99.9 cm³/mol. The van der Waals surface area contributed by atoms with Gasteiger partial charge in [-0.2, -0.15) is 0 Å². The second kappa shape index (κ2) is 7.83. The molecule has 9 nitrogen and oxygen atoms in total. The minimum absolute atomic E-state index is 0.0732. The highest BCUT2D eigenvalue weighted by Crippen LogP contribution is 2.18. The van der Waals surface area contributed by atoms with Crippen LogP contribution in [0.5, 0.6) is 0 Å². The van der Waals surface area contributed by atoms with E-state index in [4.69, 9.17) is 4.74 Å². The van der Waals surface area contributed by atoms with Gasteiger partial charge in [0, 0.05) is 45.5 Å². The molecule has 0 spiro atoms. The molecule has 27 heavy (non-hydrogen) atoms. The average molecular weight is 369 g/mol. The summed E-state index contributed by atoms with van der Waals surface area (Å²) in [6.45, 7) is 7.68. The van der Waals surface area contributed by atoms with Gasteiger partial charge in [-0.05, 0) is 19.1 Å². The molecule has 0 atom stereocenters. The summed E-state index contributed by atoms with van der Waals surface area (Å²) in [5.74, 6) is 1.65. The molecule has 2 aliphatic rings. The van der Waals surface area contributed by atoms with Crippen molar-refractivity contribution in [2.24, 2.45) is 0 Å². The van der Waals surface area contributed by atoms with Crippen LogP contribution in [0.1, 0.15) is 16.2 Å². The van der Waals surface area contributed by atoms with Gasteiger partial charge in [0.05, 0.1) is 25.1 Å². The lowest BCUT2D eigenvalue weighted by molar-refractivity contribution is 0.0740. The molecule has 0 N–H and O–H groups in total. The van der Waals surface area contributed by atoms with Gasteiger partial charge in [0.15, 0.2) is 11.6 Å². The van der Waals surface area contributed by atoms with Crippen molar-refractivity contribution in [3.63, 3.8) is 0 Å². The molecule has 142 valence electrons. The van der Waals surface area contributed by atoms with Crippen molar-refractivity contribution in [1.82, 2.24) is 25.1 Å². The minimum Gasteiger partial charge on any atom is -0.378 e. The Kier molecular flexibility index (Phi) is 5.10. The van der Waals surface area contributed by atoms with E-state index < -0.39 is 0 Å². The topological polar surface area (TPSA) is 87.6 Å². The number of aryl methyl sites for hydroxylation is 1. The molecule has 4 rings (SSSR count). The van der Waals surface area contributed by atoms with E-state index in [-0.39, 0.29) is 5.91 Å². The molecule has 0 aromatic carbocycles. The molecule has 0 radical (unpaired) electrons. The maximum absolute atomic E-state index is 12.5. The molecule has 2 aromatic rings. The summed E-state index contributed by atoms with van der Waals surface area (Å²) in [6, 6.07) is 4.01. The highest BCUT2D eigenvalue weighted by Gasteiger charge is 2.24. The average Bonchev–Trinajstić information content (AvgIpc) is 2.75. The number of carbonyl (C=O) groups excluding carboxylic acids is 1. The molecule has 2 aliphatic heterocycles. The first-order valence-electron chi connectivity index (χ1n) is 9.20. The Morgan fingerprint density at radius 2 is 1.52 bits per heavy atom. The second-order valence-electron chi connectivity index (χ2n) is 6.67. The lowest BCUT2D eigenvalue weighted by atomic mass is 10.2. The van der Waals surface area contributed by atoms with Crippen molar-refractivity contribution in [3.8, 4) is 0 Å². The Balaban J connectivity index is 1.34. The smallest absolute Gasteiger partial charge is 0.274 e. The number of rotatable bonds is 3. The van der Waals surface area contributed by atoms with Crippen LogP contribution in [0.25, 0.3) is 0 Å². The number of anilines is 2. The first-order valence-corrected chi connectivity index (χ1v) is 9.20. The monoisotopic (exact) mass is 369 g/mol. The Labute approximate surface area is 158 Å². The predicted octanol–water partition coefficient (Wildman–Crippen LogP) is 0.374. The molecule has 0 aliphatic carbocycles. The van der Waals surface area contributed by atoms with Gasteiger partial charge in [0.25, 0.3) is 5.91 Å². The highest BCUT2D eigenvalue weighted by atomic mass is 16.5. The molecule has 0 unspecified atom stereocenters. The maximum atomic E-state index is 12.5. The van der Waals surface area contributed by atoms with Crippen LogP contribution in [0.4, 0.5) is 11.6 Å². The zero-order chi connectivity index (χ0) is 18.6. The number of piperazine rings is 1. The Morgan fingerprint density at radius 1 is 0.889 bits per heavy atom. The van der Waals surface area contributed by atoms with Gasteiger partial charge in [0.2, 0.25) is 0 Å². The summed E-state index contributed by atoms with van der Waals surface area (Å²) in [4.78, 5) is 27.0. The van der Waals surface area contributed by atoms with E-state index in [9.17, 15) is 4.79 Å². The molecule has 1 amide bonds. The summed E-state index contributed by atoms with van der Waals surface area (Å²) in [5, 5.41) is 8.75. The number of aromatic nitrogens is 4. The van der Waals surface area contributed by atoms with Crippen molar-refractivity contribution < 1.29 is 9.53 Å². The van der Waals surface area contributed by atoms with Crippen LogP contribution in [0.15, 0.2) is 24.5 Å². The van der Waals surface area contributed by atoms with Crippen molar-refractivity contribution in [2.45, 2.75) is 6.92 Å². The van der Waals surface area contributed by atoms with Crippen molar-refractivity contribution in [3.05, 3.63) is 35.9 Å². The molecule has 0 saturated carbocycles. The second-order valence-corrected chi connectivity index (χ2v) is 6.67. The van der Waals surface area contributed by atoms with E-state index in [0.29, 0.717) is 18.8 Å². The van der Waals surface area contributed by atoms with Crippen LogP contribution in [-0.4, -0.2) is 83.5 Å². The number of morpholine rings is 1. The molecule has 2 fully saturated rings. The SMILES string of the molecule is Cc1cnc(C(=O)N2CCN(c3ccc(N4CCOCC4)nn3)CC2)cn1. The van der Waals surface area contributed by atoms with Gasteiger partial charge in [-0.15, -0.1) is 10.2 Å². The Bertz CT molecular complexity index is 767. The van der Waals surface area contributed by atoms with Crippen LogP contribution in [0.2, 0.25) is 0 Å². The number of hydrogen-bond donors (Lipinski definition) is 0. The Morgan fingerprint density at radius 3 is 2.07 bits per heavy atom. The van der Waals surface area contributed by atoms with Gasteiger partial charge >= 0.3 is 0 Å². The van der Waals surface area contributed by atoms with E-state index in [0.717, 1.165) is 56.7 Å². The van der Waals surface area contributed by atoms with E-state index in [1.54, 1.807) is 12.4 Å². The normalized spacial score (nSPS) is 17.9. The number of carbonyl (C=O) groups is 1. The summed E-state index contributed by atoms with van der Waals surface area (Å²) in [7, 11) is 0. The molecule has 9 heteroatoms. The van der Waals surface area contributed by atoms with E-state index in [1.165, 1.54) is 0 Å². The third kappa shape index (κ3) is 3.97. The number of nitrogens with zero attached hydrogens (tertiary/aromatic N) is 7. The van der Waals surface area contributed by atoms with Crippen LogP contribution in [-0.2, 0) is 4.74 Å². The largest absolute Gasteiger partial charge is 0.378 e. The fourth-order valence-corrected chi connectivity index (χ4v) is 3.25. The summed E-state index contributed by atoms with van der Waals surface area (Å²) >= 11 is 0. The fourth-order valence-electron chi connectivity index (χ4n) is 3.25. The summed E-state index contributed by atoms with van der Waals surface area (Å²) < 4.78 is 5.37. The number of hydrogen-bond acceptors (Lipinski definition) is 8. The van der Waals surface area contributed by atoms with Crippen LogP contribution in [0, 0.1) is 6.92 Å². The van der Waals surface area contributed by atoms with Gasteiger partial charge in [0.1, 0.15) is 5.69 Å². The third-order valence-corrected chi connectivity index (χ3v) is 4.86. The van der Waals surface area contributed by atoms with Crippen molar-refractivity contribution in [1.29, 1.82) is 0 Å². The van der Waals surface area contributed by atoms with Gasteiger partial charge in [-0.3, -0.25) is 9.78 Å². The molecular weight excluding hydrogens is 346 g/mol. The zero-order valence-electron chi connectivity index (χ0n) is 15.4. The van der Waals surface area contributed by atoms with Crippen molar-refractivity contribution >= 4 is 17.5 Å². The zero-order valence-corrected chi connectivity index (χ0v) is 15.4. The quantitative estimate of drug-likeness (QED) is 0.767. The lowest BCUT2D eigenvalue weighted by Crippen LogP contribution is -2.49. The van der Waals surface area contributed by atoms with Crippen molar-refractivity contribution in [2.75, 3.05) is 62.3 Å². The maximum Gasteiger partial charge on any atom is 0.274 e. The van der Waals surface area contributed by atoms with Gasteiger partial charge in [-0.25, -0.2) is 4.98 Å². The molecular formula is C18H23N7O2. The number of ether oxygens (including phenoxy) is 1. The van der Waals surface area contributed by atoms with Gasteiger partial charge < -0.3 is 19.4 Å². The van der Waals surface area contributed by atoms with E-state index in [2.05, 4.69) is 30.0 Å². The van der Waals surface area contributed by atoms with Gasteiger partial charge in [-0.1, -0.05) is 0 Å². The fraction of sp³-hybridized carbons (Fsp3) is 0.500. The molecule has 0 bridgehead atoms. The van der Waals surface area contributed by atoms with E-state index in [1.807, 2.05) is 24.0 Å². The summed E-state index contributed by atoms with van der Waals surface area (Å²) in [5.41, 5.74) is 1.19. The third-order valence-electron chi connectivity index (χ3n) is 4.86. The van der Waals surface area contributed by atoms with E-state index >= 15 is 0 Å². The number of amides is 1. The standard InChI is InChI=1S/C18H23N7O2/c1-14-12-20-15(13-19-14)18(26)25-6-4-23(5-7-25)16-2-3-17(22-21-16)24-8-10-27-11-9-24/h2-3,12-13H,4-11H2,1H3. The molecule has 4 heterocycles. The first-order chi connectivity index (χ1) is 13.2. The van der Waals surface area contributed by atoms with Crippen LogP contribution < -0.4 is 9.80 Å². The molecule has 2 saturated heterocycles. The first kappa shape index (κ1) is 17.6. The highest BCUT2D eigenvalue weighted by molar-refractivity contribution is 5.92. The summed E-state index contributed by atoms with van der Waals surface area (Å²) in [6.07, 6.45) is 3.16. The Hall–Kier alpha value is -2.81. The lowest BCUT2D eigenvalue weighted by Gasteiger charge is -2.35. The van der Waals surface area contributed by atoms with Crippen LogP contribution >= 0.6 is 0 Å². The minimum atomic E-state index is -0.0732.